The van der Waals surface area contributed by atoms with Crippen LogP contribution in [0.25, 0.3) is 0 Å². The molecule has 2 aromatic rings. The van der Waals surface area contributed by atoms with Crippen LogP contribution >= 0.6 is 0 Å². The molecule has 0 radical (unpaired) electrons. The standard InChI is InChI=1S/C25H28O4/c1-25-12-11-19-18-10-8-17(26)13-16(18)7-9-20(19)23(25)21(14-22(25)27)29-24(28)15-5-3-2-4-6-15/h2-6,8,10,13,19-23,26-27H,7,9,11-12,14H2,1H3/t19-,20-,21?,22-,23-,25-/m1/s1. The third-order valence-electron chi connectivity index (χ3n) is 7.89. The Bertz CT molecular complexity index is 924. The van der Waals surface area contributed by atoms with E-state index >= 15 is 0 Å². The molecule has 0 heterocycles. The number of carbonyl (C=O) groups is 1. The largest absolute Gasteiger partial charge is 0.508 e. The summed E-state index contributed by atoms with van der Waals surface area (Å²) in [4.78, 5) is 12.8. The molecule has 0 aromatic heterocycles. The van der Waals surface area contributed by atoms with Crippen molar-refractivity contribution >= 4 is 5.97 Å². The predicted octanol–water partition coefficient (Wildman–Crippen LogP) is 4.44. The molecule has 2 N–H and O–H groups in total. The maximum absolute atomic E-state index is 12.8. The highest BCUT2D eigenvalue weighted by atomic mass is 16.5. The molecule has 2 saturated carbocycles. The summed E-state index contributed by atoms with van der Waals surface area (Å²) < 4.78 is 6.02. The molecule has 4 nitrogen and oxygen atoms in total. The van der Waals surface area contributed by atoms with Gasteiger partial charge >= 0.3 is 5.97 Å². The van der Waals surface area contributed by atoms with Crippen LogP contribution in [0.4, 0.5) is 0 Å². The smallest absolute Gasteiger partial charge is 0.338 e. The Hall–Kier alpha value is -2.33. The van der Waals surface area contributed by atoms with Gasteiger partial charge in [0, 0.05) is 17.8 Å². The number of aliphatic hydroxyl groups excluding tert-OH is 1. The lowest BCUT2D eigenvalue weighted by atomic mass is 9.55. The molecule has 1 unspecified atom stereocenters. The van der Waals surface area contributed by atoms with E-state index in [0.29, 0.717) is 29.6 Å². The maximum atomic E-state index is 12.8. The van der Waals surface area contributed by atoms with Crippen LogP contribution in [0.5, 0.6) is 5.75 Å². The van der Waals surface area contributed by atoms with E-state index in [4.69, 9.17) is 4.74 Å². The Morgan fingerprint density at radius 2 is 1.93 bits per heavy atom. The Balaban J connectivity index is 1.45. The van der Waals surface area contributed by atoms with Gasteiger partial charge in [-0.1, -0.05) is 31.2 Å². The quantitative estimate of drug-likeness (QED) is 0.742. The fourth-order valence-electron chi connectivity index (χ4n) is 6.47. The number of hydrogen-bond acceptors (Lipinski definition) is 4. The molecule has 29 heavy (non-hydrogen) atoms. The van der Waals surface area contributed by atoms with E-state index in [9.17, 15) is 15.0 Å². The van der Waals surface area contributed by atoms with Crippen LogP contribution in [0.2, 0.25) is 0 Å². The fourth-order valence-corrected chi connectivity index (χ4v) is 6.47. The second kappa shape index (κ2) is 6.88. The minimum Gasteiger partial charge on any atom is -0.508 e. The molecule has 4 heteroatoms. The van der Waals surface area contributed by atoms with Gasteiger partial charge in [-0.2, -0.15) is 0 Å². The van der Waals surface area contributed by atoms with E-state index in [1.54, 1.807) is 18.2 Å². The third kappa shape index (κ3) is 2.96. The van der Waals surface area contributed by atoms with Crippen LogP contribution in [0.1, 0.15) is 60.0 Å². The first kappa shape index (κ1) is 18.7. The van der Waals surface area contributed by atoms with Crippen molar-refractivity contribution in [2.75, 3.05) is 0 Å². The topological polar surface area (TPSA) is 66.8 Å². The van der Waals surface area contributed by atoms with Gasteiger partial charge in [-0.05, 0) is 72.9 Å². The summed E-state index contributed by atoms with van der Waals surface area (Å²) in [6.07, 6.45) is 3.72. The van der Waals surface area contributed by atoms with Crippen molar-refractivity contribution in [1.82, 2.24) is 0 Å². The van der Waals surface area contributed by atoms with Crippen molar-refractivity contribution in [2.24, 2.45) is 17.3 Å². The zero-order valence-electron chi connectivity index (χ0n) is 16.8. The molecule has 3 aliphatic carbocycles. The highest BCUT2D eigenvalue weighted by Crippen LogP contribution is 2.61. The molecule has 0 aliphatic heterocycles. The number of phenols is 1. The summed E-state index contributed by atoms with van der Waals surface area (Å²) >= 11 is 0. The number of hydrogen-bond donors (Lipinski definition) is 2. The Morgan fingerprint density at radius 1 is 1.14 bits per heavy atom. The van der Waals surface area contributed by atoms with E-state index < -0.39 is 6.10 Å². The molecule has 5 rings (SSSR count). The zero-order chi connectivity index (χ0) is 20.2. The lowest BCUT2D eigenvalue weighted by Gasteiger charge is -2.50. The molecular formula is C25H28O4. The van der Waals surface area contributed by atoms with Gasteiger partial charge in [0.25, 0.3) is 0 Å². The van der Waals surface area contributed by atoms with E-state index in [-0.39, 0.29) is 23.4 Å². The molecule has 6 atom stereocenters. The van der Waals surface area contributed by atoms with Crippen LogP contribution in [0.3, 0.4) is 0 Å². The van der Waals surface area contributed by atoms with Crippen molar-refractivity contribution in [3.8, 4) is 5.75 Å². The van der Waals surface area contributed by atoms with Crippen LogP contribution in [-0.4, -0.2) is 28.4 Å². The van der Waals surface area contributed by atoms with Crippen molar-refractivity contribution in [2.45, 2.75) is 57.2 Å². The zero-order valence-corrected chi connectivity index (χ0v) is 16.8. The summed E-state index contributed by atoms with van der Waals surface area (Å²) in [6.45, 7) is 2.18. The number of fused-ring (bicyclic) bond motifs is 5. The highest BCUT2D eigenvalue weighted by Gasteiger charge is 2.59. The Morgan fingerprint density at radius 3 is 2.72 bits per heavy atom. The summed E-state index contributed by atoms with van der Waals surface area (Å²) in [6, 6.07) is 14.9. The number of esters is 1. The normalized spacial score (nSPS) is 35.3. The van der Waals surface area contributed by atoms with Crippen molar-refractivity contribution in [3.05, 3.63) is 65.2 Å². The molecule has 152 valence electrons. The second-order valence-electron chi connectivity index (χ2n) is 9.32. The second-order valence-corrected chi connectivity index (χ2v) is 9.32. The Kier molecular flexibility index (Phi) is 4.43. The van der Waals surface area contributed by atoms with Gasteiger partial charge in [-0.15, -0.1) is 0 Å². The molecule has 3 aliphatic rings. The van der Waals surface area contributed by atoms with Crippen LogP contribution in [-0.2, 0) is 11.2 Å². The van der Waals surface area contributed by atoms with Gasteiger partial charge in [0.2, 0.25) is 0 Å². The Labute approximate surface area is 171 Å². The molecule has 0 spiro atoms. The van der Waals surface area contributed by atoms with Gasteiger partial charge in [0.05, 0.1) is 11.7 Å². The number of aliphatic hydroxyl groups is 1. The van der Waals surface area contributed by atoms with Crippen molar-refractivity contribution < 1.29 is 19.7 Å². The average molecular weight is 392 g/mol. The highest BCUT2D eigenvalue weighted by molar-refractivity contribution is 5.89. The first-order valence-corrected chi connectivity index (χ1v) is 10.7. The third-order valence-corrected chi connectivity index (χ3v) is 7.89. The molecule has 0 amide bonds. The van der Waals surface area contributed by atoms with Gasteiger partial charge < -0.3 is 14.9 Å². The lowest BCUT2D eigenvalue weighted by Crippen LogP contribution is -2.47. The van der Waals surface area contributed by atoms with Gasteiger partial charge in [0.15, 0.2) is 0 Å². The summed E-state index contributed by atoms with van der Waals surface area (Å²) in [7, 11) is 0. The summed E-state index contributed by atoms with van der Waals surface area (Å²) in [5.74, 6) is 0.979. The number of rotatable bonds is 2. The van der Waals surface area contributed by atoms with Crippen LogP contribution in [0.15, 0.2) is 48.5 Å². The first-order valence-electron chi connectivity index (χ1n) is 10.7. The number of aromatic hydroxyl groups is 1. The summed E-state index contributed by atoms with van der Waals surface area (Å²) in [5.41, 5.74) is 2.92. The number of phenolic OH excluding ortho intramolecular Hbond substituents is 1. The van der Waals surface area contributed by atoms with E-state index in [1.165, 1.54) is 11.1 Å². The monoisotopic (exact) mass is 392 g/mol. The molecule has 2 aromatic carbocycles. The molecular weight excluding hydrogens is 364 g/mol. The molecule has 2 fully saturated rings. The van der Waals surface area contributed by atoms with E-state index in [0.717, 1.165) is 25.7 Å². The van der Waals surface area contributed by atoms with Gasteiger partial charge in [-0.25, -0.2) is 4.79 Å². The number of carbonyl (C=O) groups excluding carboxylic acids is 1. The number of aryl methyl sites for hydroxylation is 1. The van der Waals surface area contributed by atoms with E-state index in [2.05, 4.69) is 13.0 Å². The van der Waals surface area contributed by atoms with E-state index in [1.807, 2.05) is 24.3 Å². The predicted molar refractivity (Wildman–Crippen MR) is 110 cm³/mol. The van der Waals surface area contributed by atoms with Crippen LogP contribution < -0.4 is 0 Å². The number of ether oxygens (including phenoxy) is 1. The van der Waals surface area contributed by atoms with Gasteiger partial charge in [0.1, 0.15) is 11.9 Å². The summed E-state index contributed by atoms with van der Waals surface area (Å²) in [5, 5.41) is 20.8. The van der Waals surface area contributed by atoms with Gasteiger partial charge in [-0.3, -0.25) is 0 Å². The SMILES string of the molecule is C[C@]12CC[C@@H]3c4ccc(O)cc4CC[C@H]3[C@@H]1C(OC(=O)c1ccccc1)C[C@H]2O. The minimum absolute atomic E-state index is 0.158. The maximum Gasteiger partial charge on any atom is 0.338 e. The first-order chi connectivity index (χ1) is 14.0. The molecule has 0 saturated heterocycles. The van der Waals surface area contributed by atoms with Crippen molar-refractivity contribution in [1.29, 1.82) is 0 Å². The van der Waals surface area contributed by atoms with Crippen LogP contribution in [0, 0.1) is 17.3 Å². The lowest BCUT2D eigenvalue weighted by molar-refractivity contribution is -0.0514. The average Bonchev–Trinajstić information content (AvgIpc) is 2.98. The molecule has 0 bridgehead atoms. The minimum atomic E-state index is -0.441. The number of benzene rings is 2. The fraction of sp³-hybridized carbons (Fsp3) is 0.480. The van der Waals surface area contributed by atoms with Crippen molar-refractivity contribution in [3.63, 3.8) is 0 Å².